The van der Waals surface area contributed by atoms with Crippen LogP contribution in [0.3, 0.4) is 0 Å². The molecule has 4 heteroatoms. The Morgan fingerprint density at radius 2 is 1.67 bits per heavy atom. The zero-order chi connectivity index (χ0) is 18.9. The van der Waals surface area contributed by atoms with E-state index in [1.807, 2.05) is 14.0 Å². The Balaban J connectivity index is 0.000000449. The normalized spacial score (nSPS) is 12.0. The molecule has 0 amide bonds. The van der Waals surface area contributed by atoms with Gasteiger partial charge in [0.2, 0.25) is 0 Å². The van der Waals surface area contributed by atoms with Gasteiger partial charge in [0.25, 0.3) is 0 Å². The summed E-state index contributed by atoms with van der Waals surface area (Å²) in [6.07, 6.45) is 2.45. The average Bonchev–Trinajstić information content (AvgIpc) is 2.85. The quantitative estimate of drug-likeness (QED) is 0.734. The van der Waals surface area contributed by atoms with Crippen LogP contribution in [0.15, 0.2) is 11.3 Å². The van der Waals surface area contributed by atoms with Crippen molar-refractivity contribution < 1.29 is 0 Å². The summed E-state index contributed by atoms with van der Waals surface area (Å²) in [7, 11) is 2.00. The highest BCUT2D eigenvalue weighted by Crippen LogP contribution is 2.15. The first kappa shape index (κ1) is 22.7. The third kappa shape index (κ3) is 7.98. The summed E-state index contributed by atoms with van der Waals surface area (Å²) in [6.45, 7) is 20.6. The van der Waals surface area contributed by atoms with Gasteiger partial charge in [-0.1, -0.05) is 53.5 Å². The molecular formula is C20H40N4. The fraction of sp³-hybridized carbons (Fsp3) is 0.800. The highest BCUT2D eigenvalue weighted by atomic mass is 15.3. The number of hydrogen-bond donors (Lipinski definition) is 1. The molecule has 24 heavy (non-hydrogen) atoms. The first-order valence-electron chi connectivity index (χ1n) is 9.37. The van der Waals surface area contributed by atoms with E-state index in [9.17, 15) is 0 Å². The van der Waals surface area contributed by atoms with E-state index in [0.29, 0.717) is 11.8 Å². The molecule has 1 heterocycles. The van der Waals surface area contributed by atoms with Gasteiger partial charge in [-0.3, -0.25) is 0 Å². The highest BCUT2D eigenvalue weighted by Gasteiger charge is 2.12. The second-order valence-corrected chi connectivity index (χ2v) is 7.71. The Morgan fingerprint density at radius 3 is 2.04 bits per heavy atom. The molecule has 0 bridgehead atoms. The fourth-order valence-electron chi connectivity index (χ4n) is 2.46. The lowest BCUT2D eigenvalue weighted by Gasteiger charge is -2.13. The maximum Gasteiger partial charge on any atom is 0.135 e. The lowest BCUT2D eigenvalue weighted by Crippen LogP contribution is -2.11. The molecule has 0 aromatic carbocycles. The van der Waals surface area contributed by atoms with Crippen LogP contribution >= 0.6 is 0 Å². The minimum Gasteiger partial charge on any atom is -0.391 e. The number of allylic oxidation sites excluding steroid dienone is 2. The monoisotopic (exact) mass is 336 g/mol. The lowest BCUT2D eigenvalue weighted by molar-refractivity contribution is 0.490. The van der Waals surface area contributed by atoms with Gasteiger partial charge in [0, 0.05) is 25.2 Å². The van der Waals surface area contributed by atoms with Crippen molar-refractivity contribution in [2.75, 3.05) is 7.05 Å². The zero-order valence-corrected chi connectivity index (χ0v) is 17.7. The van der Waals surface area contributed by atoms with Crippen molar-refractivity contribution in [1.29, 1.82) is 0 Å². The molecule has 1 N–H and O–H groups in total. The summed E-state index contributed by atoms with van der Waals surface area (Å²) in [6, 6.07) is 0. The van der Waals surface area contributed by atoms with Crippen molar-refractivity contribution in [2.45, 2.75) is 87.6 Å². The molecular weight excluding hydrogens is 296 g/mol. The smallest absolute Gasteiger partial charge is 0.135 e. The van der Waals surface area contributed by atoms with Gasteiger partial charge in [0.15, 0.2) is 0 Å². The van der Waals surface area contributed by atoms with Crippen LogP contribution in [-0.4, -0.2) is 21.8 Å². The Labute approximate surface area is 150 Å². The number of hydrogen-bond acceptors (Lipinski definition) is 3. The predicted octanol–water partition coefficient (Wildman–Crippen LogP) is 5.30. The van der Waals surface area contributed by atoms with Crippen LogP contribution in [0.5, 0.6) is 0 Å². The van der Waals surface area contributed by atoms with Crippen LogP contribution in [-0.2, 0) is 6.54 Å². The van der Waals surface area contributed by atoms with Gasteiger partial charge in [0.05, 0.1) is 0 Å². The maximum atomic E-state index is 4.18. The van der Waals surface area contributed by atoms with E-state index >= 15 is 0 Å². The molecule has 0 aliphatic rings. The van der Waals surface area contributed by atoms with E-state index in [1.165, 1.54) is 24.1 Å². The van der Waals surface area contributed by atoms with Gasteiger partial charge >= 0.3 is 0 Å². The van der Waals surface area contributed by atoms with Crippen LogP contribution in [0.25, 0.3) is 0 Å². The summed E-state index contributed by atoms with van der Waals surface area (Å²) >= 11 is 0. The number of nitrogens with zero attached hydrogens (tertiary/aromatic N) is 3. The van der Waals surface area contributed by atoms with Crippen molar-refractivity contribution in [3.05, 3.63) is 22.9 Å². The molecule has 1 aromatic heterocycles. The number of nitrogens with one attached hydrogen (secondary N) is 1. The molecule has 0 saturated heterocycles. The molecule has 4 nitrogen and oxygen atoms in total. The van der Waals surface area contributed by atoms with E-state index in [1.54, 1.807) is 0 Å². The van der Waals surface area contributed by atoms with E-state index in [0.717, 1.165) is 24.1 Å². The largest absolute Gasteiger partial charge is 0.391 e. The van der Waals surface area contributed by atoms with Crippen molar-refractivity contribution >= 4 is 0 Å². The Kier molecular flexibility index (Phi) is 10.7. The summed E-state index contributed by atoms with van der Waals surface area (Å²) in [4.78, 5) is 0. The number of rotatable bonds is 7. The van der Waals surface area contributed by atoms with Gasteiger partial charge in [-0.2, -0.15) is 0 Å². The van der Waals surface area contributed by atoms with Gasteiger partial charge in [0.1, 0.15) is 11.6 Å². The molecule has 140 valence electrons. The van der Waals surface area contributed by atoms with Crippen LogP contribution in [0.1, 0.15) is 85.8 Å². The SMILES string of the molecule is CCC(C)CC(NC)=C(C)C.Cc1nnc(C(C)C)n1CC(C)C. The number of aryl methyl sites for hydroxylation is 1. The molecule has 1 unspecified atom stereocenters. The lowest BCUT2D eigenvalue weighted by atomic mass is 10.0. The summed E-state index contributed by atoms with van der Waals surface area (Å²) in [5.41, 5.74) is 2.81. The third-order valence-corrected chi connectivity index (χ3v) is 4.18. The maximum absolute atomic E-state index is 4.18. The van der Waals surface area contributed by atoms with Gasteiger partial charge in [-0.15, -0.1) is 10.2 Å². The Bertz CT molecular complexity index is 494. The summed E-state index contributed by atoms with van der Waals surface area (Å²) < 4.78 is 2.22. The highest BCUT2D eigenvalue weighted by molar-refractivity contribution is 5.07. The molecule has 1 aromatic rings. The van der Waals surface area contributed by atoms with E-state index in [-0.39, 0.29) is 0 Å². The van der Waals surface area contributed by atoms with Gasteiger partial charge in [-0.25, -0.2) is 0 Å². The molecule has 1 rings (SSSR count). The van der Waals surface area contributed by atoms with Crippen molar-refractivity contribution in [2.24, 2.45) is 11.8 Å². The minimum atomic E-state index is 0.458. The topological polar surface area (TPSA) is 42.7 Å². The standard InChI is InChI=1S/C10H19N3.C10H21N/c1-7(2)6-13-9(5)11-12-10(13)8(3)4;1-6-9(4)7-10(11-5)8(2)3/h7-8H,6H2,1-5H3;9,11H,6-7H2,1-5H3. The minimum absolute atomic E-state index is 0.458. The number of aromatic nitrogens is 3. The second kappa shape index (κ2) is 11.3. The molecule has 0 saturated carbocycles. The summed E-state index contributed by atoms with van der Waals surface area (Å²) in [5.74, 6) is 4.03. The van der Waals surface area contributed by atoms with Crippen molar-refractivity contribution in [3.8, 4) is 0 Å². The Morgan fingerprint density at radius 1 is 1.08 bits per heavy atom. The molecule has 0 radical (unpaired) electrons. The van der Waals surface area contributed by atoms with Crippen molar-refractivity contribution in [3.63, 3.8) is 0 Å². The first-order chi connectivity index (χ1) is 11.1. The van der Waals surface area contributed by atoms with E-state index in [4.69, 9.17) is 0 Å². The Hall–Kier alpha value is -1.32. The van der Waals surface area contributed by atoms with E-state index in [2.05, 4.69) is 75.5 Å². The van der Waals surface area contributed by atoms with Crippen LogP contribution in [0.4, 0.5) is 0 Å². The average molecular weight is 337 g/mol. The molecule has 0 spiro atoms. The van der Waals surface area contributed by atoms with Gasteiger partial charge in [-0.05, 0) is 39.0 Å². The zero-order valence-electron chi connectivity index (χ0n) is 17.7. The third-order valence-electron chi connectivity index (χ3n) is 4.18. The molecule has 0 aliphatic heterocycles. The van der Waals surface area contributed by atoms with Crippen molar-refractivity contribution in [1.82, 2.24) is 20.1 Å². The van der Waals surface area contributed by atoms with Gasteiger partial charge < -0.3 is 9.88 Å². The van der Waals surface area contributed by atoms with Crippen LogP contribution in [0, 0.1) is 18.8 Å². The molecule has 0 fully saturated rings. The summed E-state index contributed by atoms with van der Waals surface area (Å²) in [5, 5.41) is 11.5. The van der Waals surface area contributed by atoms with Crippen LogP contribution in [0.2, 0.25) is 0 Å². The second-order valence-electron chi connectivity index (χ2n) is 7.71. The fourth-order valence-corrected chi connectivity index (χ4v) is 2.46. The first-order valence-corrected chi connectivity index (χ1v) is 9.37. The molecule has 0 aliphatic carbocycles. The predicted molar refractivity (Wildman–Crippen MR) is 105 cm³/mol. The molecule has 1 atom stereocenters. The van der Waals surface area contributed by atoms with Crippen LogP contribution < -0.4 is 5.32 Å². The van der Waals surface area contributed by atoms with E-state index < -0.39 is 0 Å².